The van der Waals surface area contributed by atoms with E-state index >= 15 is 0 Å². The van der Waals surface area contributed by atoms with Gasteiger partial charge in [-0.2, -0.15) is 0 Å². The average Bonchev–Trinajstić information content (AvgIpc) is 3.19. The van der Waals surface area contributed by atoms with E-state index in [1.165, 1.54) is 12.8 Å². The Bertz CT molecular complexity index is 546. The Morgan fingerprint density at radius 3 is 2.58 bits per heavy atom. The highest BCUT2D eigenvalue weighted by atomic mass is 16.5. The van der Waals surface area contributed by atoms with Crippen LogP contribution in [0.2, 0.25) is 0 Å². The lowest BCUT2D eigenvalue weighted by atomic mass is 9.79. The van der Waals surface area contributed by atoms with Crippen LogP contribution in [-0.2, 0) is 14.3 Å². The van der Waals surface area contributed by atoms with Gasteiger partial charge < -0.3 is 20.1 Å². The third-order valence-corrected chi connectivity index (χ3v) is 5.72. The molecular weight excluding hydrogens is 328 g/mol. The first-order chi connectivity index (χ1) is 12.7. The zero-order chi connectivity index (χ0) is 18.2. The molecule has 1 amide bonds. The summed E-state index contributed by atoms with van der Waals surface area (Å²) < 4.78 is 11.7. The average molecular weight is 360 g/mol. The number of hydrogen-bond acceptors (Lipinski definition) is 4. The fraction of sp³-hybridized carbons (Fsp3) is 0.667. The monoisotopic (exact) mass is 360 g/mol. The second-order valence-corrected chi connectivity index (χ2v) is 7.73. The van der Waals surface area contributed by atoms with Gasteiger partial charge in [0.05, 0.1) is 12.7 Å². The second-order valence-electron chi connectivity index (χ2n) is 7.73. The number of rotatable bonds is 8. The topological polar surface area (TPSA) is 59.6 Å². The zero-order valence-electron chi connectivity index (χ0n) is 15.8. The molecule has 26 heavy (non-hydrogen) atoms. The highest BCUT2D eigenvalue weighted by molar-refractivity contribution is 5.82. The summed E-state index contributed by atoms with van der Waals surface area (Å²) in [7, 11) is 1.74. The van der Waals surface area contributed by atoms with Crippen LogP contribution >= 0.6 is 0 Å². The second kappa shape index (κ2) is 9.49. The predicted octanol–water partition coefficient (Wildman–Crippen LogP) is 2.82. The van der Waals surface area contributed by atoms with Crippen LogP contribution in [0.5, 0.6) is 0 Å². The Balaban J connectivity index is 1.66. The number of piperidine rings is 1. The van der Waals surface area contributed by atoms with Gasteiger partial charge in [0.1, 0.15) is 0 Å². The molecule has 1 heterocycles. The predicted molar refractivity (Wildman–Crippen MR) is 102 cm³/mol. The minimum atomic E-state index is -0.527. The van der Waals surface area contributed by atoms with E-state index in [0.717, 1.165) is 44.3 Å². The molecule has 0 spiro atoms. The fourth-order valence-corrected chi connectivity index (χ4v) is 4.14. The molecule has 1 aliphatic carbocycles. The minimum absolute atomic E-state index is 0.0181. The van der Waals surface area contributed by atoms with Crippen molar-refractivity contribution in [2.45, 2.75) is 50.7 Å². The van der Waals surface area contributed by atoms with Crippen LogP contribution in [0.4, 0.5) is 0 Å². The minimum Gasteiger partial charge on any atom is -0.384 e. The Morgan fingerprint density at radius 2 is 1.92 bits per heavy atom. The SMILES string of the molecule is COCC1(CNC(=O)C(OC2CCCC2)c2ccccc2)CCNCC1. The quantitative estimate of drug-likeness (QED) is 0.748. The molecule has 2 aliphatic rings. The molecule has 5 heteroatoms. The highest BCUT2D eigenvalue weighted by Crippen LogP contribution is 2.30. The summed E-state index contributed by atoms with van der Waals surface area (Å²) in [6.45, 7) is 3.26. The van der Waals surface area contributed by atoms with Crippen molar-refractivity contribution < 1.29 is 14.3 Å². The van der Waals surface area contributed by atoms with Gasteiger partial charge in [-0.3, -0.25) is 4.79 Å². The van der Waals surface area contributed by atoms with Gasteiger partial charge in [0.15, 0.2) is 6.10 Å². The summed E-state index contributed by atoms with van der Waals surface area (Å²) in [6.07, 6.45) is 6.18. The van der Waals surface area contributed by atoms with E-state index in [1.807, 2.05) is 30.3 Å². The fourth-order valence-electron chi connectivity index (χ4n) is 4.14. The Kier molecular flexibility index (Phi) is 7.06. The standard InChI is InChI=1S/C21H32N2O3/c1-25-16-21(11-13-22-14-12-21)15-23-20(24)19(17-7-3-2-4-8-17)26-18-9-5-6-10-18/h2-4,7-8,18-19,22H,5-6,9-16H2,1H3,(H,23,24). The smallest absolute Gasteiger partial charge is 0.253 e. The normalized spacial score (nSPS) is 21.4. The summed E-state index contributed by atoms with van der Waals surface area (Å²) in [4.78, 5) is 13.0. The molecule has 1 saturated heterocycles. The van der Waals surface area contributed by atoms with Crippen LogP contribution in [0.25, 0.3) is 0 Å². The van der Waals surface area contributed by atoms with Crippen molar-refractivity contribution >= 4 is 5.91 Å². The van der Waals surface area contributed by atoms with Gasteiger partial charge in [0.25, 0.3) is 5.91 Å². The van der Waals surface area contributed by atoms with E-state index in [-0.39, 0.29) is 17.4 Å². The first-order valence-corrected chi connectivity index (χ1v) is 9.90. The number of nitrogens with one attached hydrogen (secondary N) is 2. The number of ether oxygens (including phenoxy) is 2. The summed E-state index contributed by atoms with van der Waals surface area (Å²) >= 11 is 0. The largest absolute Gasteiger partial charge is 0.384 e. The summed E-state index contributed by atoms with van der Waals surface area (Å²) in [5, 5.41) is 6.57. The van der Waals surface area contributed by atoms with Crippen molar-refractivity contribution in [3.8, 4) is 0 Å². The number of hydrogen-bond donors (Lipinski definition) is 2. The van der Waals surface area contributed by atoms with Crippen LogP contribution in [0.15, 0.2) is 30.3 Å². The van der Waals surface area contributed by atoms with Crippen LogP contribution in [0, 0.1) is 5.41 Å². The number of benzene rings is 1. The molecule has 0 aromatic heterocycles. The lowest BCUT2D eigenvalue weighted by Crippen LogP contribution is -2.48. The first kappa shape index (κ1) is 19.3. The van der Waals surface area contributed by atoms with Crippen molar-refractivity contribution in [3.63, 3.8) is 0 Å². The molecule has 2 N–H and O–H groups in total. The number of methoxy groups -OCH3 is 1. The van der Waals surface area contributed by atoms with E-state index in [9.17, 15) is 4.79 Å². The molecule has 1 aromatic carbocycles. The van der Waals surface area contributed by atoms with E-state index in [0.29, 0.717) is 13.2 Å². The van der Waals surface area contributed by atoms with Gasteiger partial charge in [-0.25, -0.2) is 0 Å². The maximum Gasteiger partial charge on any atom is 0.253 e. The molecule has 1 atom stereocenters. The van der Waals surface area contributed by atoms with Crippen molar-refractivity contribution in [2.75, 3.05) is 33.4 Å². The first-order valence-electron chi connectivity index (χ1n) is 9.90. The molecule has 1 saturated carbocycles. The highest BCUT2D eigenvalue weighted by Gasteiger charge is 2.34. The van der Waals surface area contributed by atoms with E-state index in [4.69, 9.17) is 9.47 Å². The van der Waals surface area contributed by atoms with Gasteiger partial charge in [0.2, 0.25) is 0 Å². The van der Waals surface area contributed by atoms with Crippen LogP contribution < -0.4 is 10.6 Å². The lowest BCUT2D eigenvalue weighted by Gasteiger charge is -2.37. The Hall–Kier alpha value is -1.43. The summed E-state index contributed by atoms with van der Waals surface area (Å²) in [6, 6.07) is 9.86. The summed E-state index contributed by atoms with van der Waals surface area (Å²) in [5.41, 5.74) is 0.951. The van der Waals surface area contributed by atoms with E-state index in [1.54, 1.807) is 7.11 Å². The van der Waals surface area contributed by atoms with Crippen molar-refractivity contribution in [3.05, 3.63) is 35.9 Å². The van der Waals surface area contributed by atoms with Gasteiger partial charge in [-0.1, -0.05) is 43.2 Å². The van der Waals surface area contributed by atoms with Gasteiger partial charge >= 0.3 is 0 Å². The molecule has 2 fully saturated rings. The van der Waals surface area contributed by atoms with Crippen LogP contribution in [-0.4, -0.2) is 45.4 Å². The van der Waals surface area contributed by atoms with Gasteiger partial charge in [-0.05, 0) is 44.3 Å². The molecular formula is C21H32N2O3. The summed E-state index contributed by atoms with van der Waals surface area (Å²) in [5.74, 6) is -0.0305. The Labute approximate surface area is 156 Å². The van der Waals surface area contributed by atoms with Gasteiger partial charge in [-0.15, -0.1) is 0 Å². The van der Waals surface area contributed by atoms with Crippen LogP contribution in [0.1, 0.15) is 50.2 Å². The molecule has 3 rings (SSSR count). The number of carbonyl (C=O) groups is 1. The number of amides is 1. The third kappa shape index (κ3) is 5.06. The molecule has 1 unspecified atom stereocenters. The van der Waals surface area contributed by atoms with E-state index in [2.05, 4.69) is 10.6 Å². The van der Waals surface area contributed by atoms with E-state index < -0.39 is 6.10 Å². The molecule has 0 radical (unpaired) electrons. The van der Waals surface area contributed by atoms with Gasteiger partial charge in [0, 0.05) is 19.1 Å². The molecule has 1 aromatic rings. The molecule has 5 nitrogen and oxygen atoms in total. The van der Waals surface area contributed by atoms with Crippen LogP contribution in [0.3, 0.4) is 0 Å². The van der Waals surface area contributed by atoms with Crippen molar-refractivity contribution in [1.29, 1.82) is 0 Å². The maximum absolute atomic E-state index is 13.0. The van der Waals surface area contributed by atoms with Crippen molar-refractivity contribution in [2.24, 2.45) is 5.41 Å². The number of carbonyl (C=O) groups excluding carboxylic acids is 1. The molecule has 0 bridgehead atoms. The van der Waals surface area contributed by atoms with Crippen molar-refractivity contribution in [1.82, 2.24) is 10.6 Å². The maximum atomic E-state index is 13.0. The molecule has 144 valence electrons. The Morgan fingerprint density at radius 1 is 1.23 bits per heavy atom. The third-order valence-electron chi connectivity index (χ3n) is 5.72. The lowest BCUT2D eigenvalue weighted by molar-refractivity contribution is -0.138. The zero-order valence-corrected chi connectivity index (χ0v) is 15.8. The molecule has 1 aliphatic heterocycles.